The maximum Gasteiger partial charge on any atom is 0.162 e. The summed E-state index contributed by atoms with van der Waals surface area (Å²) in [6, 6.07) is 12.0. The van der Waals surface area contributed by atoms with Crippen molar-refractivity contribution in [3.8, 4) is 28.5 Å². The Labute approximate surface area is 177 Å². The van der Waals surface area contributed by atoms with Crippen LogP contribution in [0.3, 0.4) is 0 Å². The average molecular weight is 408 g/mol. The second-order valence-electron chi connectivity index (χ2n) is 8.16. The van der Waals surface area contributed by atoms with Crippen LogP contribution in [0.5, 0.6) is 17.2 Å². The molecule has 3 aromatic rings. The molecule has 1 unspecified atom stereocenters. The molecule has 0 fully saturated rings. The summed E-state index contributed by atoms with van der Waals surface area (Å²) < 4.78 is 17.5. The van der Waals surface area contributed by atoms with Crippen molar-refractivity contribution in [3.05, 3.63) is 47.5 Å². The minimum Gasteiger partial charge on any atom is -0.497 e. The molecule has 0 saturated heterocycles. The van der Waals surface area contributed by atoms with Gasteiger partial charge in [-0.25, -0.2) is 0 Å². The zero-order chi connectivity index (χ0) is 21.4. The van der Waals surface area contributed by atoms with Gasteiger partial charge in [0, 0.05) is 28.8 Å². The second kappa shape index (κ2) is 7.94. The van der Waals surface area contributed by atoms with E-state index in [9.17, 15) is 0 Å². The van der Waals surface area contributed by atoms with E-state index in [1.165, 1.54) is 5.56 Å². The number of fused-ring (bicyclic) bond motifs is 3. The van der Waals surface area contributed by atoms with Crippen molar-refractivity contribution in [1.82, 2.24) is 10.2 Å². The van der Waals surface area contributed by atoms with E-state index in [2.05, 4.69) is 34.6 Å². The monoisotopic (exact) mass is 407 g/mol. The van der Waals surface area contributed by atoms with E-state index in [0.717, 1.165) is 45.6 Å². The Hall–Kier alpha value is -3.15. The summed E-state index contributed by atoms with van der Waals surface area (Å²) in [5.74, 6) is 3.33. The highest BCUT2D eigenvalue weighted by molar-refractivity contribution is 5.83. The van der Waals surface area contributed by atoms with E-state index >= 15 is 0 Å². The van der Waals surface area contributed by atoms with Gasteiger partial charge in [0.05, 0.1) is 25.0 Å². The van der Waals surface area contributed by atoms with E-state index in [1.807, 2.05) is 52.0 Å². The first kappa shape index (κ1) is 20.1. The smallest absolute Gasteiger partial charge is 0.162 e. The van der Waals surface area contributed by atoms with Crippen LogP contribution >= 0.6 is 0 Å². The molecule has 1 heterocycles. The third-order valence-electron chi connectivity index (χ3n) is 5.15. The fourth-order valence-corrected chi connectivity index (χ4v) is 3.91. The topological polar surface area (TPSA) is 68.4 Å². The molecule has 1 aromatic heterocycles. The number of methoxy groups -OCH3 is 1. The molecule has 30 heavy (non-hydrogen) atoms. The molecule has 6 heteroatoms. The van der Waals surface area contributed by atoms with E-state index in [-0.39, 0.29) is 18.1 Å². The number of nitrogens with one attached hydrogen (secondary N) is 2. The van der Waals surface area contributed by atoms with Crippen molar-refractivity contribution in [2.24, 2.45) is 0 Å². The maximum atomic E-state index is 6.07. The van der Waals surface area contributed by atoms with Gasteiger partial charge in [-0.15, -0.1) is 0 Å². The Bertz CT molecular complexity index is 1060. The summed E-state index contributed by atoms with van der Waals surface area (Å²) in [6.45, 7) is 10.3. The molecule has 2 aromatic carbocycles. The van der Waals surface area contributed by atoms with Crippen molar-refractivity contribution in [2.75, 3.05) is 12.4 Å². The zero-order valence-electron chi connectivity index (χ0n) is 18.4. The predicted octanol–water partition coefficient (Wildman–Crippen LogP) is 5.87. The Morgan fingerprint density at radius 2 is 1.70 bits per heavy atom. The number of ether oxygens (including phenoxy) is 3. The van der Waals surface area contributed by atoms with E-state index in [0.29, 0.717) is 0 Å². The first-order valence-corrected chi connectivity index (χ1v) is 10.4. The van der Waals surface area contributed by atoms with E-state index in [1.54, 1.807) is 7.11 Å². The number of aromatic amines is 1. The largest absolute Gasteiger partial charge is 0.497 e. The molecule has 2 N–H and O–H groups in total. The second-order valence-corrected chi connectivity index (χ2v) is 8.16. The first-order valence-electron chi connectivity index (χ1n) is 10.4. The van der Waals surface area contributed by atoms with Crippen LogP contribution in [-0.2, 0) is 0 Å². The van der Waals surface area contributed by atoms with Crippen molar-refractivity contribution in [3.63, 3.8) is 0 Å². The van der Waals surface area contributed by atoms with Gasteiger partial charge in [-0.1, -0.05) is 13.0 Å². The molecule has 0 aliphatic heterocycles. The molecule has 1 aliphatic rings. The van der Waals surface area contributed by atoms with Crippen LogP contribution in [-0.4, -0.2) is 29.5 Å². The molecule has 0 amide bonds. The fourth-order valence-electron chi connectivity index (χ4n) is 3.91. The lowest BCUT2D eigenvalue weighted by atomic mass is 9.99. The summed E-state index contributed by atoms with van der Waals surface area (Å²) in [5, 5.41) is 11.2. The number of rotatable bonds is 7. The van der Waals surface area contributed by atoms with Crippen LogP contribution in [0.25, 0.3) is 11.3 Å². The number of anilines is 2. The van der Waals surface area contributed by atoms with Gasteiger partial charge in [-0.3, -0.25) is 5.10 Å². The Morgan fingerprint density at radius 1 is 1.00 bits per heavy atom. The van der Waals surface area contributed by atoms with Gasteiger partial charge >= 0.3 is 0 Å². The van der Waals surface area contributed by atoms with Crippen molar-refractivity contribution in [2.45, 2.75) is 52.7 Å². The summed E-state index contributed by atoms with van der Waals surface area (Å²) in [5.41, 5.74) is 5.41. The molecule has 0 spiro atoms. The molecule has 158 valence electrons. The Balaban J connectivity index is 1.73. The molecule has 4 rings (SSSR count). The minimum absolute atomic E-state index is 0.0583. The fraction of sp³-hybridized carbons (Fsp3) is 0.375. The molecule has 6 nitrogen and oxygen atoms in total. The molecule has 0 saturated carbocycles. The van der Waals surface area contributed by atoms with Gasteiger partial charge < -0.3 is 19.5 Å². The lowest BCUT2D eigenvalue weighted by molar-refractivity contribution is 0.198. The third-order valence-corrected chi connectivity index (χ3v) is 5.15. The standard InChI is InChI=1S/C24H29N3O3/c1-13(2)29-20-11-18-15(5)22-23(19(18)12-21(20)30-14(3)4)26-27-24(22)25-16-8-7-9-17(10-16)28-6/h7-15H,1-6H3,(H2,25,26,27). The molecule has 0 radical (unpaired) electrons. The Kier molecular flexibility index (Phi) is 5.33. The van der Waals surface area contributed by atoms with Gasteiger partial charge in [0.1, 0.15) is 5.75 Å². The number of nitrogens with zero attached hydrogens (tertiary/aromatic N) is 1. The average Bonchev–Trinajstić information content (AvgIpc) is 3.21. The van der Waals surface area contributed by atoms with Crippen LogP contribution < -0.4 is 19.5 Å². The van der Waals surface area contributed by atoms with Crippen LogP contribution in [0.15, 0.2) is 36.4 Å². The summed E-state index contributed by atoms with van der Waals surface area (Å²) >= 11 is 0. The van der Waals surface area contributed by atoms with Crippen LogP contribution in [0.2, 0.25) is 0 Å². The van der Waals surface area contributed by atoms with E-state index in [4.69, 9.17) is 14.2 Å². The van der Waals surface area contributed by atoms with Gasteiger partial charge in [-0.05, 0) is 57.5 Å². The van der Waals surface area contributed by atoms with E-state index < -0.39 is 0 Å². The highest BCUT2D eigenvalue weighted by atomic mass is 16.5. The lowest BCUT2D eigenvalue weighted by Gasteiger charge is -2.19. The zero-order valence-corrected chi connectivity index (χ0v) is 18.4. The van der Waals surface area contributed by atoms with Crippen molar-refractivity contribution < 1.29 is 14.2 Å². The first-order chi connectivity index (χ1) is 14.4. The van der Waals surface area contributed by atoms with Gasteiger partial charge in [-0.2, -0.15) is 5.10 Å². The maximum absolute atomic E-state index is 6.07. The van der Waals surface area contributed by atoms with Gasteiger partial charge in [0.2, 0.25) is 0 Å². The molecule has 1 aliphatic carbocycles. The van der Waals surface area contributed by atoms with Gasteiger partial charge in [0.25, 0.3) is 0 Å². The summed E-state index contributed by atoms with van der Waals surface area (Å²) in [6.07, 6.45) is 0.127. The quantitative estimate of drug-likeness (QED) is 0.513. The third kappa shape index (κ3) is 3.70. The number of benzene rings is 2. The number of aromatic nitrogens is 2. The highest BCUT2D eigenvalue weighted by Gasteiger charge is 2.33. The SMILES string of the molecule is COc1cccc(Nc2n[nH]c3c2C(C)c2cc(OC(C)C)c(OC(C)C)cc2-3)c1. The molecule has 1 atom stereocenters. The van der Waals surface area contributed by atoms with Crippen LogP contribution in [0, 0.1) is 0 Å². The predicted molar refractivity (Wildman–Crippen MR) is 119 cm³/mol. The lowest BCUT2D eigenvalue weighted by Crippen LogP contribution is -2.11. The number of H-pyrrole nitrogens is 1. The summed E-state index contributed by atoms with van der Waals surface area (Å²) in [4.78, 5) is 0. The Morgan fingerprint density at radius 3 is 2.37 bits per heavy atom. The van der Waals surface area contributed by atoms with Crippen molar-refractivity contribution >= 4 is 11.5 Å². The van der Waals surface area contributed by atoms with Crippen LogP contribution in [0.1, 0.15) is 51.7 Å². The molecular weight excluding hydrogens is 378 g/mol. The van der Waals surface area contributed by atoms with Gasteiger partial charge in [0.15, 0.2) is 17.3 Å². The molecular formula is C24H29N3O3. The number of hydrogen-bond acceptors (Lipinski definition) is 5. The van der Waals surface area contributed by atoms with Crippen molar-refractivity contribution in [1.29, 1.82) is 0 Å². The molecule has 0 bridgehead atoms. The summed E-state index contributed by atoms with van der Waals surface area (Å²) in [7, 11) is 1.66. The normalized spacial score (nSPS) is 14.6. The number of hydrogen-bond donors (Lipinski definition) is 2. The highest BCUT2D eigenvalue weighted by Crippen LogP contribution is 2.50. The minimum atomic E-state index is 0.0583. The van der Waals surface area contributed by atoms with Crippen LogP contribution in [0.4, 0.5) is 11.5 Å².